The van der Waals surface area contributed by atoms with Crippen molar-refractivity contribution in [1.29, 1.82) is 0 Å². The number of nitrogens with one attached hydrogen (secondary N) is 1. The first-order chi connectivity index (χ1) is 10.5. The normalized spacial score (nSPS) is 17.2. The highest BCUT2D eigenvalue weighted by Gasteiger charge is 2.39. The summed E-state index contributed by atoms with van der Waals surface area (Å²) >= 11 is 0. The minimum atomic E-state index is -0.830. The van der Waals surface area contributed by atoms with Crippen LogP contribution in [0.1, 0.15) is 24.0 Å². The van der Waals surface area contributed by atoms with Gasteiger partial charge in [0.25, 0.3) is 0 Å². The molecule has 2 rings (SSSR count). The Bertz CT molecular complexity index is 541. The lowest BCUT2D eigenvalue weighted by Crippen LogP contribution is -2.45. The van der Waals surface area contributed by atoms with Gasteiger partial charge in [0.1, 0.15) is 11.6 Å². The fourth-order valence-electron chi connectivity index (χ4n) is 2.72. The Hall–Kier alpha value is -1.66. The number of carbonyl (C=O) groups is 1. The zero-order chi connectivity index (χ0) is 16.2. The van der Waals surface area contributed by atoms with Crippen LogP contribution < -0.4 is 10.1 Å². The summed E-state index contributed by atoms with van der Waals surface area (Å²) in [5.74, 6) is -0.523. The van der Waals surface area contributed by atoms with Gasteiger partial charge in [0.15, 0.2) is 0 Å². The third-order valence-corrected chi connectivity index (χ3v) is 4.25. The van der Waals surface area contributed by atoms with Crippen molar-refractivity contribution >= 4 is 5.97 Å². The molecule has 6 heteroatoms. The largest absolute Gasteiger partial charge is 0.496 e. The molecule has 1 aliphatic heterocycles. The number of hydrogen-bond donors (Lipinski definition) is 2. The first-order valence-electron chi connectivity index (χ1n) is 7.33. The summed E-state index contributed by atoms with van der Waals surface area (Å²) in [5, 5.41) is 12.5. The van der Waals surface area contributed by atoms with Crippen LogP contribution in [0.2, 0.25) is 0 Å². The molecule has 1 fully saturated rings. The van der Waals surface area contributed by atoms with E-state index < -0.39 is 11.4 Å². The molecular formula is C16H22FNO4. The number of aryl methyl sites for hydroxylation is 1. The van der Waals surface area contributed by atoms with Gasteiger partial charge in [-0.05, 0) is 37.5 Å². The van der Waals surface area contributed by atoms with E-state index in [0.29, 0.717) is 43.9 Å². The second-order valence-electron chi connectivity index (χ2n) is 5.71. The number of halogens is 1. The van der Waals surface area contributed by atoms with Crippen LogP contribution in [0.4, 0.5) is 4.39 Å². The van der Waals surface area contributed by atoms with E-state index in [0.717, 1.165) is 5.56 Å². The molecule has 5 nitrogen and oxygen atoms in total. The van der Waals surface area contributed by atoms with E-state index >= 15 is 0 Å². The lowest BCUT2D eigenvalue weighted by molar-refractivity contribution is -0.154. The number of ether oxygens (including phenoxy) is 2. The maximum absolute atomic E-state index is 14.0. The number of benzene rings is 1. The van der Waals surface area contributed by atoms with Crippen molar-refractivity contribution < 1.29 is 23.8 Å². The van der Waals surface area contributed by atoms with Crippen LogP contribution in [0, 0.1) is 18.2 Å². The number of carboxylic acids is 1. The van der Waals surface area contributed by atoms with Gasteiger partial charge in [-0.2, -0.15) is 0 Å². The molecule has 0 aliphatic carbocycles. The summed E-state index contributed by atoms with van der Waals surface area (Å²) in [4.78, 5) is 11.5. The standard InChI is InChI=1S/C16H22FNO4/c1-11-7-13(17)12(8-14(11)21-2)9-18-10-16(15(19)20)3-5-22-6-4-16/h7-8,18H,3-6,9-10H2,1-2H3,(H,19,20). The Kier molecular flexibility index (Phi) is 5.37. The first kappa shape index (κ1) is 16.7. The van der Waals surface area contributed by atoms with E-state index in [2.05, 4.69) is 5.32 Å². The zero-order valence-electron chi connectivity index (χ0n) is 12.9. The molecule has 1 heterocycles. The second kappa shape index (κ2) is 7.07. The third-order valence-electron chi connectivity index (χ3n) is 4.25. The van der Waals surface area contributed by atoms with Crippen LogP contribution in [0.5, 0.6) is 5.75 Å². The van der Waals surface area contributed by atoms with E-state index in [1.165, 1.54) is 6.07 Å². The number of carboxylic acid groups (broad SMARTS) is 1. The molecule has 0 saturated carbocycles. The molecule has 0 aromatic heterocycles. The fourth-order valence-corrected chi connectivity index (χ4v) is 2.72. The van der Waals surface area contributed by atoms with Crippen LogP contribution in [0.3, 0.4) is 0 Å². The number of aliphatic carboxylic acids is 1. The lowest BCUT2D eigenvalue weighted by atomic mass is 9.80. The molecular weight excluding hydrogens is 289 g/mol. The number of methoxy groups -OCH3 is 1. The molecule has 0 atom stereocenters. The minimum absolute atomic E-state index is 0.262. The average Bonchev–Trinajstić information content (AvgIpc) is 2.50. The molecule has 0 radical (unpaired) electrons. The molecule has 2 N–H and O–H groups in total. The minimum Gasteiger partial charge on any atom is -0.496 e. The summed E-state index contributed by atoms with van der Waals surface area (Å²) in [7, 11) is 1.54. The van der Waals surface area contributed by atoms with Gasteiger partial charge >= 0.3 is 5.97 Å². The van der Waals surface area contributed by atoms with Gasteiger partial charge in [0, 0.05) is 31.9 Å². The topological polar surface area (TPSA) is 67.8 Å². The van der Waals surface area contributed by atoms with Crippen molar-refractivity contribution in [2.45, 2.75) is 26.3 Å². The fraction of sp³-hybridized carbons (Fsp3) is 0.562. The molecule has 0 unspecified atom stereocenters. The number of hydrogen-bond acceptors (Lipinski definition) is 4. The Morgan fingerprint density at radius 3 is 2.73 bits per heavy atom. The molecule has 22 heavy (non-hydrogen) atoms. The van der Waals surface area contributed by atoms with Crippen LogP contribution in [0.25, 0.3) is 0 Å². The lowest BCUT2D eigenvalue weighted by Gasteiger charge is -2.33. The van der Waals surface area contributed by atoms with Gasteiger partial charge in [-0.1, -0.05) is 0 Å². The molecule has 1 aliphatic rings. The molecule has 0 amide bonds. The highest BCUT2D eigenvalue weighted by atomic mass is 19.1. The van der Waals surface area contributed by atoms with Gasteiger partial charge < -0.3 is 19.9 Å². The Balaban J connectivity index is 2.02. The summed E-state index contributed by atoms with van der Waals surface area (Å²) in [5.41, 5.74) is 0.369. The van der Waals surface area contributed by atoms with Crippen LogP contribution in [-0.4, -0.2) is 37.9 Å². The van der Waals surface area contributed by atoms with Gasteiger partial charge in [0.05, 0.1) is 12.5 Å². The van der Waals surface area contributed by atoms with Gasteiger partial charge in [-0.3, -0.25) is 4.79 Å². The molecule has 1 saturated heterocycles. The number of rotatable bonds is 6. The average molecular weight is 311 g/mol. The van der Waals surface area contributed by atoms with Crippen molar-refractivity contribution in [2.24, 2.45) is 5.41 Å². The second-order valence-corrected chi connectivity index (χ2v) is 5.71. The van der Waals surface area contributed by atoms with Crippen LogP contribution >= 0.6 is 0 Å². The van der Waals surface area contributed by atoms with Crippen molar-refractivity contribution in [3.8, 4) is 5.75 Å². The monoisotopic (exact) mass is 311 g/mol. The quantitative estimate of drug-likeness (QED) is 0.842. The predicted molar refractivity (Wildman–Crippen MR) is 79.5 cm³/mol. The first-order valence-corrected chi connectivity index (χ1v) is 7.33. The third kappa shape index (κ3) is 3.56. The van der Waals surface area contributed by atoms with E-state index in [1.807, 2.05) is 0 Å². The van der Waals surface area contributed by atoms with Crippen LogP contribution in [-0.2, 0) is 16.1 Å². The smallest absolute Gasteiger partial charge is 0.311 e. The van der Waals surface area contributed by atoms with Crippen molar-refractivity contribution in [3.05, 3.63) is 29.1 Å². The van der Waals surface area contributed by atoms with Gasteiger partial charge in [-0.25, -0.2) is 4.39 Å². The maximum atomic E-state index is 14.0. The summed E-state index contributed by atoms with van der Waals surface area (Å²) in [6.07, 6.45) is 0.935. The van der Waals surface area contributed by atoms with Gasteiger partial charge in [0.2, 0.25) is 0 Å². The molecule has 0 spiro atoms. The Morgan fingerprint density at radius 1 is 1.45 bits per heavy atom. The maximum Gasteiger partial charge on any atom is 0.311 e. The molecule has 1 aromatic rings. The van der Waals surface area contributed by atoms with Crippen molar-refractivity contribution in [3.63, 3.8) is 0 Å². The van der Waals surface area contributed by atoms with Crippen LogP contribution in [0.15, 0.2) is 12.1 Å². The van der Waals surface area contributed by atoms with Crippen molar-refractivity contribution in [1.82, 2.24) is 5.32 Å². The summed E-state index contributed by atoms with van der Waals surface area (Å²) in [6, 6.07) is 3.08. The highest BCUT2D eigenvalue weighted by molar-refractivity contribution is 5.75. The van der Waals surface area contributed by atoms with E-state index in [-0.39, 0.29) is 12.4 Å². The molecule has 1 aromatic carbocycles. The van der Waals surface area contributed by atoms with Gasteiger partial charge in [-0.15, -0.1) is 0 Å². The van der Waals surface area contributed by atoms with Crippen molar-refractivity contribution in [2.75, 3.05) is 26.9 Å². The zero-order valence-corrected chi connectivity index (χ0v) is 12.9. The Labute approximate surface area is 129 Å². The summed E-state index contributed by atoms with van der Waals surface area (Å²) in [6.45, 7) is 3.22. The molecule has 0 bridgehead atoms. The summed E-state index contributed by atoms with van der Waals surface area (Å²) < 4.78 is 24.4. The SMILES string of the molecule is COc1cc(CNCC2(C(=O)O)CCOCC2)c(F)cc1C. The highest BCUT2D eigenvalue weighted by Crippen LogP contribution is 2.30. The predicted octanol–water partition coefficient (Wildman–Crippen LogP) is 2.11. The van der Waals surface area contributed by atoms with E-state index in [4.69, 9.17) is 9.47 Å². The Morgan fingerprint density at radius 2 is 2.14 bits per heavy atom. The molecule has 122 valence electrons. The van der Waals surface area contributed by atoms with E-state index in [9.17, 15) is 14.3 Å². The van der Waals surface area contributed by atoms with E-state index in [1.54, 1.807) is 20.1 Å².